The average Bonchev–Trinajstić information content (AvgIpc) is 3.02. The van der Waals surface area contributed by atoms with Crippen LogP contribution in [-0.2, 0) is 25.2 Å². The van der Waals surface area contributed by atoms with Crippen molar-refractivity contribution in [3.05, 3.63) is 29.8 Å². The van der Waals surface area contributed by atoms with Crippen molar-refractivity contribution in [2.24, 2.45) is 5.41 Å². The number of ether oxygens (including phenoxy) is 2. The number of methoxy groups -OCH3 is 1. The highest BCUT2D eigenvalue weighted by Gasteiger charge is 2.51. The van der Waals surface area contributed by atoms with Crippen LogP contribution < -0.4 is 5.46 Å². The van der Waals surface area contributed by atoms with Crippen LogP contribution in [-0.4, -0.2) is 73.9 Å². The molecule has 1 aliphatic heterocycles. The number of nitrogens with zero attached hydrogens (tertiary/aromatic N) is 1. The molecule has 0 radical (unpaired) electrons. The summed E-state index contributed by atoms with van der Waals surface area (Å²) in [6, 6.07) is 8.39. The molecule has 7 nitrogen and oxygen atoms in total. The number of aliphatic hydroxyl groups is 1. The van der Waals surface area contributed by atoms with Gasteiger partial charge in [-0.25, -0.2) is 4.79 Å². The first-order chi connectivity index (χ1) is 16.8. The minimum absolute atomic E-state index is 0.00566. The Hall–Kier alpha value is -1.61. The Kier molecular flexibility index (Phi) is 11.3. The molecule has 1 aliphatic rings. The van der Waals surface area contributed by atoms with Gasteiger partial charge in [0, 0.05) is 39.3 Å². The molecule has 8 heteroatoms. The Balaban J connectivity index is 2.09. The lowest BCUT2D eigenvalue weighted by atomic mass is 9.78. The van der Waals surface area contributed by atoms with E-state index in [1.165, 1.54) is 5.56 Å². The number of carbonyl (C=O) groups excluding carboxylic acids is 1. The zero-order valence-electron chi connectivity index (χ0n) is 23.8. The molecule has 0 spiro atoms. The van der Waals surface area contributed by atoms with Crippen LogP contribution in [0.25, 0.3) is 0 Å². The molecule has 2 rings (SSSR count). The molecule has 1 heterocycles. The molecule has 0 bridgehead atoms. The lowest BCUT2D eigenvalue weighted by molar-refractivity contribution is 0.00578. The monoisotopic (exact) mass is 505 g/mol. The average molecular weight is 506 g/mol. The summed E-state index contributed by atoms with van der Waals surface area (Å²) in [5, 5.41) is 9.26. The van der Waals surface area contributed by atoms with Crippen LogP contribution >= 0.6 is 0 Å². The van der Waals surface area contributed by atoms with E-state index in [1.54, 1.807) is 7.11 Å². The Morgan fingerprint density at radius 3 is 2.17 bits per heavy atom. The first-order valence-corrected chi connectivity index (χ1v) is 13.3. The lowest BCUT2D eigenvalue weighted by Crippen LogP contribution is -2.48. The number of aliphatic hydroxyl groups excluding tert-OH is 1. The van der Waals surface area contributed by atoms with Crippen LogP contribution in [0.2, 0.25) is 0 Å². The van der Waals surface area contributed by atoms with Crippen molar-refractivity contribution in [3.8, 4) is 0 Å². The van der Waals surface area contributed by atoms with Gasteiger partial charge < -0.3 is 28.8 Å². The maximum absolute atomic E-state index is 13.1. The number of hydrogen-bond donors (Lipinski definition) is 1. The Morgan fingerprint density at radius 1 is 1.03 bits per heavy atom. The molecule has 1 aromatic rings. The molecule has 1 N–H and O–H groups in total. The van der Waals surface area contributed by atoms with Gasteiger partial charge in [-0.15, -0.1) is 0 Å². The molecule has 0 saturated carbocycles. The first-order valence-electron chi connectivity index (χ1n) is 13.3. The second kappa shape index (κ2) is 13.3. The summed E-state index contributed by atoms with van der Waals surface area (Å²) in [4.78, 5) is 14.9. The molecule has 1 amide bonds. The van der Waals surface area contributed by atoms with Crippen molar-refractivity contribution in [2.75, 3.05) is 33.5 Å². The zero-order chi connectivity index (χ0) is 27.0. The Labute approximate surface area is 219 Å². The molecule has 1 fully saturated rings. The van der Waals surface area contributed by atoms with Gasteiger partial charge in [0.15, 0.2) is 0 Å². The third kappa shape index (κ3) is 8.47. The second-order valence-electron chi connectivity index (χ2n) is 11.8. The highest BCUT2D eigenvalue weighted by atomic mass is 16.7. The van der Waals surface area contributed by atoms with Crippen molar-refractivity contribution in [1.29, 1.82) is 0 Å². The SMILES string of the molecule is COCCCOC(=O)N(CCCCO)C(CCc1ccc(B2OC(C)(C)C(C)(C)O2)cc1)C(C)(C)C. The third-order valence-electron chi connectivity index (χ3n) is 7.35. The number of amides is 1. The van der Waals surface area contributed by atoms with E-state index in [0.29, 0.717) is 32.6 Å². The molecular formula is C28H48BNO6. The number of carbonyl (C=O) groups is 1. The van der Waals surface area contributed by atoms with Crippen molar-refractivity contribution < 1.29 is 28.7 Å². The van der Waals surface area contributed by atoms with Gasteiger partial charge in [0.25, 0.3) is 0 Å². The van der Waals surface area contributed by atoms with E-state index in [4.69, 9.17) is 18.8 Å². The number of benzene rings is 1. The van der Waals surface area contributed by atoms with Crippen molar-refractivity contribution in [2.45, 2.75) is 97.8 Å². The topological polar surface area (TPSA) is 77.5 Å². The molecule has 36 heavy (non-hydrogen) atoms. The smallest absolute Gasteiger partial charge is 0.449 e. The van der Waals surface area contributed by atoms with E-state index in [0.717, 1.165) is 24.7 Å². The third-order valence-corrected chi connectivity index (χ3v) is 7.35. The van der Waals surface area contributed by atoms with Gasteiger partial charge in [-0.3, -0.25) is 0 Å². The van der Waals surface area contributed by atoms with Crippen LogP contribution in [0.3, 0.4) is 0 Å². The molecule has 1 atom stereocenters. The predicted octanol–water partition coefficient (Wildman–Crippen LogP) is 4.58. The molecule has 0 aromatic heterocycles. The van der Waals surface area contributed by atoms with Gasteiger partial charge in [0.05, 0.1) is 17.8 Å². The second-order valence-corrected chi connectivity index (χ2v) is 11.8. The fourth-order valence-corrected chi connectivity index (χ4v) is 4.39. The van der Waals surface area contributed by atoms with Crippen LogP contribution in [0.5, 0.6) is 0 Å². The maximum Gasteiger partial charge on any atom is 0.494 e. The van der Waals surface area contributed by atoms with Gasteiger partial charge in [-0.1, -0.05) is 45.0 Å². The fraction of sp³-hybridized carbons (Fsp3) is 0.750. The van der Waals surface area contributed by atoms with Gasteiger partial charge in [-0.2, -0.15) is 0 Å². The van der Waals surface area contributed by atoms with E-state index >= 15 is 0 Å². The highest BCUT2D eigenvalue weighted by molar-refractivity contribution is 6.62. The Morgan fingerprint density at radius 2 is 1.64 bits per heavy atom. The minimum Gasteiger partial charge on any atom is -0.449 e. The van der Waals surface area contributed by atoms with Crippen molar-refractivity contribution in [3.63, 3.8) is 0 Å². The largest absolute Gasteiger partial charge is 0.494 e. The van der Waals surface area contributed by atoms with Gasteiger partial charge in [0.1, 0.15) is 0 Å². The minimum atomic E-state index is -0.374. The molecule has 204 valence electrons. The molecular weight excluding hydrogens is 457 g/mol. The summed E-state index contributed by atoms with van der Waals surface area (Å²) in [7, 11) is 1.27. The predicted molar refractivity (Wildman–Crippen MR) is 145 cm³/mol. The number of rotatable bonds is 13. The lowest BCUT2D eigenvalue weighted by Gasteiger charge is -2.40. The summed E-state index contributed by atoms with van der Waals surface area (Å²) >= 11 is 0. The van der Waals surface area contributed by atoms with E-state index in [2.05, 4.69) is 72.7 Å². The molecule has 1 aromatic carbocycles. The van der Waals surface area contributed by atoms with E-state index < -0.39 is 0 Å². The van der Waals surface area contributed by atoms with Crippen LogP contribution in [0.15, 0.2) is 24.3 Å². The number of aryl methyl sites for hydroxylation is 1. The summed E-state index contributed by atoms with van der Waals surface area (Å²) in [5.41, 5.74) is 1.35. The molecule has 0 aliphatic carbocycles. The summed E-state index contributed by atoms with van der Waals surface area (Å²) in [6.07, 6.45) is 3.41. The fourth-order valence-electron chi connectivity index (χ4n) is 4.39. The summed E-state index contributed by atoms with van der Waals surface area (Å²) < 4.78 is 23.0. The number of hydrogen-bond acceptors (Lipinski definition) is 6. The Bertz CT molecular complexity index is 789. The first kappa shape index (κ1) is 30.6. The van der Waals surface area contributed by atoms with Gasteiger partial charge in [-0.05, 0) is 69.8 Å². The van der Waals surface area contributed by atoms with Crippen molar-refractivity contribution in [1.82, 2.24) is 4.90 Å². The van der Waals surface area contributed by atoms with E-state index in [9.17, 15) is 9.90 Å². The van der Waals surface area contributed by atoms with Crippen LogP contribution in [0.4, 0.5) is 4.79 Å². The van der Waals surface area contributed by atoms with Gasteiger partial charge in [0.2, 0.25) is 0 Å². The van der Waals surface area contributed by atoms with E-state index in [1.807, 2.05) is 4.90 Å². The normalized spacial score (nSPS) is 17.8. The molecule has 1 unspecified atom stereocenters. The quantitative estimate of drug-likeness (QED) is 0.312. The van der Waals surface area contributed by atoms with Crippen LogP contribution in [0.1, 0.15) is 79.7 Å². The summed E-state index contributed by atoms with van der Waals surface area (Å²) in [5.74, 6) is 0. The number of unbranched alkanes of at least 4 members (excludes halogenated alkanes) is 1. The summed E-state index contributed by atoms with van der Waals surface area (Å²) in [6.45, 7) is 16.3. The zero-order valence-corrected chi connectivity index (χ0v) is 23.8. The highest BCUT2D eigenvalue weighted by Crippen LogP contribution is 2.36. The maximum atomic E-state index is 13.1. The van der Waals surface area contributed by atoms with E-state index in [-0.39, 0.29) is 42.5 Å². The van der Waals surface area contributed by atoms with Crippen molar-refractivity contribution >= 4 is 18.7 Å². The standard InChI is InChI=1S/C28H48BNO6/c1-26(2,3)24(30(18-9-10-19-31)25(32)34-21-11-20-33-8)17-14-22-12-15-23(16-13-22)29-35-27(4,5)28(6,7)36-29/h12-13,15-16,24,31H,9-11,14,17-21H2,1-8H3. The van der Waals surface area contributed by atoms with Crippen LogP contribution in [0, 0.1) is 5.41 Å². The van der Waals surface area contributed by atoms with Gasteiger partial charge >= 0.3 is 13.2 Å². The molecule has 1 saturated heterocycles.